The second kappa shape index (κ2) is 23.1. The maximum Gasteiger partial charge on any atom is 0.323 e. The van der Waals surface area contributed by atoms with Crippen molar-refractivity contribution in [2.75, 3.05) is 12.3 Å². The van der Waals surface area contributed by atoms with Gasteiger partial charge in [-0.3, -0.25) is 19.9 Å². The Balaban J connectivity index is -0.000000759. The number of non-ortho nitro benzene ring substituents is 1. The van der Waals surface area contributed by atoms with E-state index in [0.717, 1.165) is 19.3 Å². The molecule has 1 aromatic rings. The number of nitrogens with two attached hydrogens (primary N) is 4. The van der Waals surface area contributed by atoms with Gasteiger partial charge in [0.15, 0.2) is 5.96 Å². The number of unbranched alkanes of at least 4 members (excludes halogenated alkanes) is 9. The van der Waals surface area contributed by atoms with Crippen molar-refractivity contribution < 1.29 is 14.8 Å². The molecule has 0 heterocycles. The van der Waals surface area contributed by atoms with Crippen molar-refractivity contribution in [2.24, 2.45) is 22.2 Å². The van der Waals surface area contributed by atoms with Gasteiger partial charge in [-0.05, 0) is 31.4 Å². The van der Waals surface area contributed by atoms with E-state index < -0.39 is 16.4 Å². The van der Waals surface area contributed by atoms with E-state index in [0.29, 0.717) is 31.5 Å². The molecule has 0 aliphatic carbocycles. The van der Waals surface area contributed by atoms with Crippen LogP contribution < -0.4 is 22.9 Å². The zero-order valence-electron chi connectivity index (χ0n) is 21.4. The number of guanidine groups is 1. The van der Waals surface area contributed by atoms with E-state index in [4.69, 9.17) is 22.9 Å². The molecule has 0 amide bonds. The number of nitrogens with zero attached hydrogens (tertiary/aromatic N) is 2. The lowest BCUT2D eigenvalue weighted by molar-refractivity contribution is -0.384. The molecule has 0 unspecified atom stereocenters. The van der Waals surface area contributed by atoms with Gasteiger partial charge in [-0.1, -0.05) is 71.1 Å². The van der Waals surface area contributed by atoms with Crippen LogP contribution >= 0.6 is 24.8 Å². The topological polar surface area (TPSA) is 197 Å². The molecule has 0 bridgehead atoms. The van der Waals surface area contributed by atoms with Gasteiger partial charge in [0.2, 0.25) is 0 Å². The van der Waals surface area contributed by atoms with E-state index in [1.165, 1.54) is 69.2 Å². The second-order valence-corrected chi connectivity index (χ2v) is 8.65. The molecule has 0 radical (unpaired) electrons. The van der Waals surface area contributed by atoms with Crippen LogP contribution in [0.5, 0.6) is 0 Å². The summed E-state index contributed by atoms with van der Waals surface area (Å²) in [4.78, 5) is 24.9. The summed E-state index contributed by atoms with van der Waals surface area (Å²) in [6.45, 7) is 2.65. The van der Waals surface area contributed by atoms with Crippen LogP contribution in [0.2, 0.25) is 0 Å². The fourth-order valence-corrected chi connectivity index (χ4v) is 3.47. The van der Waals surface area contributed by atoms with E-state index in [9.17, 15) is 20.0 Å². The summed E-state index contributed by atoms with van der Waals surface area (Å²) >= 11 is 0. The monoisotopic (exact) mass is 552 g/mol. The maximum absolute atomic E-state index is 11.4. The minimum atomic E-state index is -1.15. The lowest BCUT2D eigenvalue weighted by atomic mass is 9.88. The molecule has 0 fully saturated rings. The van der Waals surface area contributed by atoms with Crippen molar-refractivity contribution in [3.63, 3.8) is 0 Å². The first-order valence-electron chi connectivity index (χ1n) is 12.2. The number of benzene rings is 1. The minimum Gasteiger partial charge on any atom is -0.480 e. The summed E-state index contributed by atoms with van der Waals surface area (Å²) < 4.78 is 0. The Bertz CT molecular complexity index is 734. The predicted octanol–water partition coefficient (Wildman–Crippen LogP) is 5.15. The van der Waals surface area contributed by atoms with Crippen molar-refractivity contribution in [2.45, 2.75) is 95.9 Å². The number of nitrogen functional groups attached to an aromatic ring is 1. The molecule has 0 aliphatic heterocycles. The summed E-state index contributed by atoms with van der Waals surface area (Å²) in [5.74, 6) is -0.897. The summed E-state index contributed by atoms with van der Waals surface area (Å²) in [6.07, 6.45) is 13.7. The average Bonchev–Trinajstić information content (AvgIpc) is 2.78. The number of carbonyl (C=O) groups is 1. The van der Waals surface area contributed by atoms with Gasteiger partial charge in [-0.2, -0.15) is 0 Å². The van der Waals surface area contributed by atoms with Crippen molar-refractivity contribution in [3.05, 3.63) is 34.4 Å². The SMILES string of the molecule is CCCCCCCCCCCC[C@](N)(CCCN=C(N)N)C(=O)O.Cl.Cl.Nc1ccc([N+](=O)[O-])cc1. The Morgan fingerprint density at radius 2 is 1.36 bits per heavy atom. The van der Waals surface area contributed by atoms with Gasteiger partial charge < -0.3 is 28.0 Å². The molecule has 1 rings (SSSR count). The van der Waals surface area contributed by atoms with Gasteiger partial charge >= 0.3 is 5.97 Å². The number of nitro benzene ring substituents is 1. The molecule has 9 N–H and O–H groups in total. The number of carboxylic acid groups (broad SMARTS) is 1. The molecule has 12 heteroatoms. The van der Waals surface area contributed by atoms with Crippen LogP contribution in [-0.4, -0.2) is 34.0 Å². The van der Waals surface area contributed by atoms with Crippen LogP contribution in [0.4, 0.5) is 11.4 Å². The van der Waals surface area contributed by atoms with E-state index in [2.05, 4.69) is 11.9 Å². The average molecular weight is 554 g/mol. The number of carboxylic acids is 1. The van der Waals surface area contributed by atoms with Gasteiger partial charge in [0.25, 0.3) is 5.69 Å². The molecule has 10 nitrogen and oxygen atoms in total. The standard InChI is InChI=1S/C18H38N4O2.C6H6N2O2.2ClH/c1-2-3-4-5-6-7-8-9-10-11-13-18(21,16(23)24)14-12-15-22-17(19)20;7-5-1-3-6(4-2-5)8(9)10;;/h2-15,21H2,1H3,(H,23,24)(H4,19,20,22);1-4H,7H2;2*1H/t18-;;;/m0.../s1. The third-order valence-corrected chi connectivity index (χ3v) is 5.58. The number of halogens is 2. The number of aliphatic imine (C=N–C) groups is 1. The Labute approximate surface area is 227 Å². The van der Waals surface area contributed by atoms with Gasteiger partial charge in [0.05, 0.1) is 4.92 Å². The van der Waals surface area contributed by atoms with Gasteiger partial charge in [-0.25, -0.2) is 0 Å². The molecule has 1 aromatic carbocycles. The van der Waals surface area contributed by atoms with Gasteiger partial charge in [0.1, 0.15) is 5.54 Å². The number of anilines is 1. The lowest BCUT2D eigenvalue weighted by Crippen LogP contribution is -2.48. The fraction of sp³-hybridized carbons (Fsp3) is 0.667. The third-order valence-electron chi connectivity index (χ3n) is 5.58. The third kappa shape index (κ3) is 19.9. The molecule has 0 saturated heterocycles. The first kappa shape index (κ1) is 38.2. The van der Waals surface area contributed by atoms with Gasteiger partial charge in [-0.15, -0.1) is 24.8 Å². The lowest BCUT2D eigenvalue weighted by Gasteiger charge is -2.24. The highest BCUT2D eigenvalue weighted by molar-refractivity contribution is 5.85. The highest BCUT2D eigenvalue weighted by Crippen LogP contribution is 2.20. The van der Waals surface area contributed by atoms with E-state index in [-0.39, 0.29) is 36.5 Å². The molecule has 0 aromatic heterocycles. The zero-order chi connectivity index (χ0) is 25.8. The number of aliphatic carboxylic acids is 1. The second-order valence-electron chi connectivity index (χ2n) is 8.65. The highest BCUT2D eigenvalue weighted by atomic mass is 35.5. The normalized spacial score (nSPS) is 11.5. The van der Waals surface area contributed by atoms with Crippen LogP contribution in [0.1, 0.15) is 90.4 Å². The summed E-state index contributed by atoms with van der Waals surface area (Å²) in [6, 6.07) is 5.74. The molecular weight excluding hydrogens is 507 g/mol. The van der Waals surface area contributed by atoms with E-state index in [1.807, 2.05) is 0 Å². The van der Waals surface area contributed by atoms with Crippen molar-refractivity contribution in [3.8, 4) is 0 Å². The molecular formula is C24H46Cl2N6O4. The zero-order valence-corrected chi connectivity index (χ0v) is 23.0. The number of hydrogen-bond acceptors (Lipinski definition) is 6. The van der Waals surface area contributed by atoms with E-state index in [1.54, 1.807) is 0 Å². The van der Waals surface area contributed by atoms with Crippen LogP contribution in [0.3, 0.4) is 0 Å². The molecule has 0 saturated carbocycles. The van der Waals surface area contributed by atoms with Crippen molar-refractivity contribution >= 4 is 48.1 Å². The first-order chi connectivity index (χ1) is 16.1. The van der Waals surface area contributed by atoms with Crippen molar-refractivity contribution in [1.29, 1.82) is 0 Å². The Hall–Kier alpha value is -2.30. The largest absolute Gasteiger partial charge is 0.480 e. The molecule has 1 atom stereocenters. The van der Waals surface area contributed by atoms with Crippen LogP contribution in [0.15, 0.2) is 29.3 Å². The van der Waals surface area contributed by atoms with Crippen LogP contribution in [0, 0.1) is 10.1 Å². The molecule has 0 aliphatic rings. The van der Waals surface area contributed by atoms with Crippen molar-refractivity contribution in [1.82, 2.24) is 0 Å². The van der Waals surface area contributed by atoms with E-state index >= 15 is 0 Å². The molecule has 210 valence electrons. The molecule has 0 spiro atoms. The number of rotatable bonds is 17. The number of hydrogen-bond donors (Lipinski definition) is 5. The minimum absolute atomic E-state index is 0. The first-order valence-corrected chi connectivity index (χ1v) is 12.2. The summed E-state index contributed by atoms with van der Waals surface area (Å²) in [5, 5.41) is 19.5. The Morgan fingerprint density at radius 3 is 1.78 bits per heavy atom. The predicted molar refractivity (Wildman–Crippen MR) is 153 cm³/mol. The molecule has 36 heavy (non-hydrogen) atoms. The fourth-order valence-electron chi connectivity index (χ4n) is 3.47. The Kier molecular flexibility index (Phi) is 24.6. The quantitative estimate of drug-likeness (QED) is 0.0435. The van der Waals surface area contributed by atoms with Crippen LogP contribution in [-0.2, 0) is 4.79 Å². The highest BCUT2D eigenvalue weighted by Gasteiger charge is 2.32. The van der Waals surface area contributed by atoms with Gasteiger partial charge in [0, 0.05) is 24.4 Å². The summed E-state index contributed by atoms with van der Waals surface area (Å²) in [5.41, 5.74) is 21.3. The van der Waals surface area contributed by atoms with Crippen LogP contribution in [0.25, 0.3) is 0 Å². The maximum atomic E-state index is 11.4. The Morgan fingerprint density at radius 1 is 0.917 bits per heavy atom. The summed E-state index contributed by atoms with van der Waals surface area (Å²) in [7, 11) is 0. The smallest absolute Gasteiger partial charge is 0.323 e. The number of nitro groups is 1.